The molecule has 0 bridgehead atoms. The number of hydrogen-bond acceptors (Lipinski definition) is 3. The third-order valence-electron chi connectivity index (χ3n) is 7.69. The van der Waals surface area contributed by atoms with E-state index in [2.05, 4.69) is 24.3 Å². The minimum Gasteiger partial charge on any atom is -0.462 e. The van der Waals surface area contributed by atoms with E-state index in [-0.39, 0.29) is 11.2 Å². The highest BCUT2D eigenvalue weighted by Crippen LogP contribution is 2.58. The van der Waals surface area contributed by atoms with Gasteiger partial charge in [-0.25, -0.2) is 0 Å². The van der Waals surface area contributed by atoms with Gasteiger partial charge in [-0.1, -0.05) is 133 Å². The number of hydrogen-bond donors (Lipinski definition) is 0. The quantitative estimate of drug-likeness (QED) is 0.215. The zero-order chi connectivity index (χ0) is 27.8. The Bertz CT molecular complexity index is 1760. The average molecular weight is 572 g/mol. The first-order chi connectivity index (χ1) is 20.2. The van der Waals surface area contributed by atoms with Gasteiger partial charge in [0.25, 0.3) is 5.91 Å². The molecule has 0 fully saturated rings. The third kappa shape index (κ3) is 4.44. The number of nitrogens with zero attached hydrogens (tertiary/aromatic N) is 1. The Morgan fingerprint density at radius 2 is 1.29 bits per heavy atom. The van der Waals surface area contributed by atoms with Crippen LogP contribution < -0.4 is 4.90 Å². The lowest BCUT2D eigenvalue weighted by Gasteiger charge is -2.48. The Labute approximate surface area is 249 Å². The summed E-state index contributed by atoms with van der Waals surface area (Å²) < 4.78 is 7.34. The Morgan fingerprint density at radius 1 is 0.707 bits per heavy atom. The maximum absolute atomic E-state index is 15.1. The number of amides is 1. The second-order valence-corrected chi connectivity index (χ2v) is 11.8. The van der Waals surface area contributed by atoms with Crippen LogP contribution in [0.5, 0.6) is 0 Å². The number of carbonyl (C=O) groups is 1. The first-order valence-electron chi connectivity index (χ1n) is 13.6. The number of thioether (sulfide) groups is 1. The molecule has 0 aromatic heterocycles. The van der Waals surface area contributed by atoms with Gasteiger partial charge in [0.1, 0.15) is 5.76 Å². The van der Waals surface area contributed by atoms with E-state index in [1.807, 2.05) is 120 Å². The number of para-hydroxylation sites is 1. The van der Waals surface area contributed by atoms with E-state index in [1.54, 1.807) is 11.8 Å². The molecule has 0 radical (unpaired) electrons. The molecule has 0 N–H and O–H groups in total. The molecule has 5 aromatic carbocycles. The number of rotatable bonds is 4. The lowest BCUT2D eigenvalue weighted by atomic mass is 9.87. The summed E-state index contributed by atoms with van der Waals surface area (Å²) in [4.78, 5) is 18.0. The molecule has 3 nitrogen and oxygen atoms in total. The molecule has 7 rings (SSSR count). The molecular formula is C36H26ClNO2S. The summed E-state index contributed by atoms with van der Waals surface area (Å²) in [6, 6.07) is 45.9. The highest BCUT2D eigenvalue weighted by atomic mass is 35.5. The van der Waals surface area contributed by atoms with E-state index < -0.39 is 5.72 Å². The Balaban J connectivity index is 1.55. The molecule has 2 aliphatic rings. The second kappa shape index (κ2) is 10.6. The zero-order valence-corrected chi connectivity index (χ0v) is 23.7. The maximum Gasteiger partial charge on any atom is 0.266 e. The summed E-state index contributed by atoms with van der Waals surface area (Å²) in [5.41, 5.74) is 3.82. The van der Waals surface area contributed by atoms with Crippen LogP contribution in [0.4, 0.5) is 5.69 Å². The van der Waals surface area contributed by atoms with E-state index in [4.69, 9.17) is 16.3 Å². The van der Waals surface area contributed by atoms with Crippen molar-refractivity contribution in [2.75, 3.05) is 4.90 Å². The Kier molecular flexibility index (Phi) is 6.66. The minimum absolute atomic E-state index is 0.0850. The van der Waals surface area contributed by atoms with Crippen LogP contribution >= 0.6 is 23.4 Å². The van der Waals surface area contributed by atoms with Crippen molar-refractivity contribution in [1.82, 2.24) is 0 Å². The monoisotopic (exact) mass is 571 g/mol. The molecule has 0 saturated carbocycles. The van der Waals surface area contributed by atoms with Crippen LogP contribution in [0.3, 0.4) is 0 Å². The first kappa shape index (κ1) is 25.7. The molecule has 2 heterocycles. The van der Waals surface area contributed by atoms with Crippen LogP contribution in [-0.2, 0) is 15.3 Å². The topological polar surface area (TPSA) is 29.5 Å². The van der Waals surface area contributed by atoms with Gasteiger partial charge in [-0.05, 0) is 29.3 Å². The van der Waals surface area contributed by atoms with Crippen LogP contribution in [-0.4, -0.2) is 5.91 Å². The molecule has 0 aliphatic carbocycles. The van der Waals surface area contributed by atoms with Crippen molar-refractivity contribution in [1.29, 1.82) is 0 Å². The van der Waals surface area contributed by atoms with Crippen molar-refractivity contribution in [2.45, 2.75) is 22.3 Å². The maximum atomic E-state index is 15.1. The lowest BCUT2D eigenvalue weighted by Crippen LogP contribution is -2.55. The van der Waals surface area contributed by atoms with E-state index in [9.17, 15) is 0 Å². The van der Waals surface area contributed by atoms with Gasteiger partial charge >= 0.3 is 0 Å². The van der Waals surface area contributed by atoms with Crippen molar-refractivity contribution < 1.29 is 9.53 Å². The molecule has 5 aromatic rings. The highest BCUT2D eigenvalue weighted by molar-refractivity contribution is 7.99. The van der Waals surface area contributed by atoms with Crippen LogP contribution in [0.1, 0.15) is 33.9 Å². The van der Waals surface area contributed by atoms with Gasteiger partial charge in [0.05, 0.1) is 11.3 Å². The zero-order valence-electron chi connectivity index (χ0n) is 22.1. The summed E-state index contributed by atoms with van der Waals surface area (Å²) in [5.74, 6) is 0.474. The molecular weight excluding hydrogens is 546 g/mol. The van der Waals surface area contributed by atoms with Gasteiger partial charge in [-0.3, -0.25) is 9.69 Å². The number of halogens is 1. The average Bonchev–Trinajstić information content (AvgIpc) is 3.18. The molecule has 200 valence electrons. The second-order valence-electron chi connectivity index (χ2n) is 10.1. The van der Waals surface area contributed by atoms with E-state index in [1.165, 1.54) is 0 Å². The van der Waals surface area contributed by atoms with Crippen molar-refractivity contribution in [3.8, 4) is 0 Å². The molecule has 5 heteroatoms. The number of benzene rings is 5. The van der Waals surface area contributed by atoms with Crippen LogP contribution in [0, 0.1) is 0 Å². The van der Waals surface area contributed by atoms with Crippen LogP contribution in [0.15, 0.2) is 144 Å². The van der Waals surface area contributed by atoms with Gasteiger partial charge in [0.2, 0.25) is 5.72 Å². The van der Waals surface area contributed by atoms with Crippen LogP contribution in [0.25, 0.3) is 11.3 Å². The van der Waals surface area contributed by atoms with E-state index in [0.717, 1.165) is 32.8 Å². The molecule has 2 aliphatic heterocycles. The summed E-state index contributed by atoms with van der Waals surface area (Å²) >= 11 is 8.54. The molecule has 0 unspecified atom stereocenters. The largest absolute Gasteiger partial charge is 0.462 e. The van der Waals surface area contributed by atoms with Crippen molar-refractivity contribution >= 4 is 46.3 Å². The fourth-order valence-corrected chi connectivity index (χ4v) is 7.55. The first-order valence-corrected chi connectivity index (χ1v) is 14.9. The predicted molar refractivity (Wildman–Crippen MR) is 167 cm³/mol. The van der Waals surface area contributed by atoms with Crippen LogP contribution in [0.2, 0.25) is 5.02 Å². The van der Waals surface area contributed by atoms with Crippen molar-refractivity contribution in [3.05, 3.63) is 167 Å². The number of carbonyl (C=O) groups excluding carboxylic acids is 1. The summed E-state index contributed by atoms with van der Waals surface area (Å²) in [7, 11) is 0. The van der Waals surface area contributed by atoms with Gasteiger partial charge in [-0.15, -0.1) is 11.8 Å². The highest BCUT2D eigenvalue weighted by Gasteiger charge is 2.54. The van der Waals surface area contributed by atoms with Gasteiger partial charge in [0.15, 0.2) is 0 Å². The minimum atomic E-state index is -1.13. The number of anilines is 1. The summed E-state index contributed by atoms with van der Waals surface area (Å²) in [6.07, 6.45) is 0.490. The van der Waals surface area contributed by atoms with Crippen molar-refractivity contribution in [3.63, 3.8) is 0 Å². The molecule has 2 atom stereocenters. The third-order valence-corrected chi connectivity index (χ3v) is 9.34. The Hall–Kier alpha value is -4.25. The Morgan fingerprint density at radius 3 is 2.00 bits per heavy atom. The van der Waals surface area contributed by atoms with Gasteiger partial charge in [-0.2, -0.15) is 0 Å². The molecule has 0 saturated heterocycles. The normalized spacial score (nSPS) is 20.1. The van der Waals surface area contributed by atoms with Crippen molar-refractivity contribution in [2.24, 2.45) is 0 Å². The predicted octanol–water partition coefficient (Wildman–Crippen LogP) is 9.36. The number of fused-ring (bicyclic) bond motifs is 3. The van der Waals surface area contributed by atoms with E-state index >= 15 is 4.79 Å². The summed E-state index contributed by atoms with van der Waals surface area (Å²) in [6.45, 7) is 0. The SMILES string of the molecule is O=C1C(c2ccccc2)=C(c2ccccc2)O[C@]2(c3ccccc3)C[C@@H](c3ccccc3Cl)Sc3ccccc3N12. The smallest absolute Gasteiger partial charge is 0.266 e. The lowest BCUT2D eigenvalue weighted by molar-refractivity contribution is -0.120. The molecule has 0 spiro atoms. The van der Waals surface area contributed by atoms with E-state index in [0.29, 0.717) is 22.8 Å². The summed E-state index contributed by atoms with van der Waals surface area (Å²) in [5, 5.41) is 0.614. The standard InChI is InChI=1S/C36H26ClNO2S/c37-29-21-11-10-20-28(29)32-24-36(27-18-8-3-9-19-27)38(30-22-12-13-23-31(30)41-32)35(39)33(25-14-4-1-5-15-25)34(40-36)26-16-6-2-7-17-26/h1-23,32H,24H2/t32-,36-/m0/s1. The van der Waals surface area contributed by atoms with Gasteiger partial charge in [0, 0.05) is 32.7 Å². The molecule has 41 heavy (non-hydrogen) atoms. The molecule has 1 amide bonds. The fraction of sp³-hybridized carbons (Fsp3) is 0.0833. The fourth-order valence-electron chi connectivity index (χ4n) is 5.83. The number of ether oxygens (including phenoxy) is 1. The van der Waals surface area contributed by atoms with Gasteiger partial charge < -0.3 is 4.74 Å².